The number of halogens is 2. The largest absolute Gasteiger partial charge is 0.464 e. The van der Waals surface area contributed by atoms with E-state index in [1.165, 1.54) is 16.8 Å². The van der Waals surface area contributed by atoms with Gasteiger partial charge in [-0.2, -0.15) is 10.1 Å². The molecule has 0 bridgehead atoms. The van der Waals surface area contributed by atoms with Crippen LogP contribution in [0.3, 0.4) is 0 Å². The van der Waals surface area contributed by atoms with Crippen LogP contribution in [0.25, 0.3) is 23.0 Å². The van der Waals surface area contributed by atoms with Crippen molar-refractivity contribution in [2.24, 2.45) is 0 Å². The van der Waals surface area contributed by atoms with Crippen molar-refractivity contribution in [1.29, 1.82) is 0 Å². The van der Waals surface area contributed by atoms with E-state index in [-0.39, 0.29) is 24.1 Å². The van der Waals surface area contributed by atoms with E-state index < -0.39 is 4.92 Å². The molecule has 0 amide bonds. The molecule has 146 valence electrons. The van der Waals surface area contributed by atoms with E-state index in [2.05, 4.69) is 15.2 Å². The van der Waals surface area contributed by atoms with E-state index in [4.69, 9.17) is 32.5 Å². The highest BCUT2D eigenvalue weighted by atomic mass is 35.5. The smallest absolute Gasteiger partial charge is 0.311 e. The molecule has 2 heterocycles. The van der Waals surface area contributed by atoms with E-state index in [9.17, 15) is 10.1 Å². The Morgan fingerprint density at radius 3 is 2.79 bits per heavy atom. The predicted octanol–water partition coefficient (Wildman–Crippen LogP) is 4.85. The van der Waals surface area contributed by atoms with Crippen LogP contribution < -0.4 is 4.74 Å². The molecule has 0 radical (unpaired) electrons. The summed E-state index contributed by atoms with van der Waals surface area (Å²) in [7, 11) is 0. The van der Waals surface area contributed by atoms with Gasteiger partial charge in [-0.25, -0.2) is 4.68 Å². The molecule has 0 saturated heterocycles. The van der Waals surface area contributed by atoms with Gasteiger partial charge >= 0.3 is 5.69 Å². The lowest BCUT2D eigenvalue weighted by Crippen LogP contribution is -2.07. The molecule has 4 aromatic rings. The second-order valence-corrected chi connectivity index (χ2v) is 6.63. The molecule has 9 nitrogen and oxygen atoms in total. The normalized spacial score (nSPS) is 10.8. The minimum Gasteiger partial charge on any atom is -0.464 e. The predicted molar refractivity (Wildman–Crippen MR) is 105 cm³/mol. The zero-order valence-electron chi connectivity index (χ0n) is 14.5. The highest BCUT2D eigenvalue weighted by Crippen LogP contribution is 2.30. The van der Waals surface area contributed by atoms with Crippen molar-refractivity contribution in [3.63, 3.8) is 0 Å². The number of hydrogen-bond acceptors (Lipinski definition) is 7. The monoisotopic (exact) mass is 431 g/mol. The number of ether oxygens (including phenoxy) is 1. The van der Waals surface area contributed by atoms with E-state index in [1.54, 1.807) is 42.6 Å². The average Bonchev–Trinajstić information content (AvgIpc) is 3.36. The van der Waals surface area contributed by atoms with Gasteiger partial charge in [-0.05, 0) is 30.3 Å². The third-order valence-electron chi connectivity index (χ3n) is 3.87. The molecule has 0 saturated carbocycles. The fourth-order valence-electron chi connectivity index (χ4n) is 2.52. The van der Waals surface area contributed by atoms with Crippen molar-refractivity contribution in [2.75, 3.05) is 0 Å². The SMILES string of the molecule is O=[N+]([O-])c1ccccc1OCn1ccc(-c2nc(-c3ccc(Cl)cc3Cl)no2)n1. The Hall–Kier alpha value is -3.43. The highest BCUT2D eigenvalue weighted by molar-refractivity contribution is 6.36. The number of nitro benzene ring substituents is 1. The first-order valence-corrected chi connectivity index (χ1v) is 8.96. The van der Waals surface area contributed by atoms with Crippen LogP contribution in [0, 0.1) is 10.1 Å². The van der Waals surface area contributed by atoms with Gasteiger partial charge in [0.15, 0.2) is 18.2 Å². The average molecular weight is 432 g/mol. The Balaban J connectivity index is 1.50. The lowest BCUT2D eigenvalue weighted by molar-refractivity contribution is -0.386. The van der Waals surface area contributed by atoms with E-state index in [1.807, 2.05) is 0 Å². The summed E-state index contributed by atoms with van der Waals surface area (Å²) in [6.45, 7) is -0.0329. The van der Waals surface area contributed by atoms with Gasteiger partial charge in [0.25, 0.3) is 5.89 Å². The molecule has 0 aliphatic heterocycles. The molecule has 2 aromatic heterocycles. The number of hydrogen-bond donors (Lipinski definition) is 0. The molecule has 0 aliphatic rings. The second kappa shape index (κ2) is 7.90. The summed E-state index contributed by atoms with van der Waals surface area (Å²) < 4.78 is 12.2. The van der Waals surface area contributed by atoms with Crippen LogP contribution in [-0.4, -0.2) is 24.8 Å². The Labute approximate surface area is 173 Å². The van der Waals surface area contributed by atoms with Gasteiger partial charge in [-0.15, -0.1) is 0 Å². The highest BCUT2D eigenvalue weighted by Gasteiger charge is 2.17. The molecule has 11 heteroatoms. The summed E-state index contributed by atoms with van der Waals surface area (Å²) in [5.74, 6) is 0.634. The van der Waals surface area contributed by atoms with Crippen LogP contribution in [0.15, 0.2) is 59.3 Å². The first-order valence-electron chi connectivity index (χ1n) is 8.20. The summed E-state index contributed by atoms with van der Waals surface area (Å²) in [6, 6.07) is 12.7. The Kier molecular flexibility index (Phi) is 5.15. The van der Waals surface area contributed by atoms with Crippen molar-refractivity contribution in [3.8, 4) is 28.7 Å². The van der Waals surface area contributed by atoms with Gasteiger partial charge in [0.2, 0.25) is 5.82 Å². The number of benzene rings is 2. The Morgan fingerprint density at radius 2 is 2.00 bits per heavy atom. The third kappa shape index (κ3) is 4.05. The van der Waals surface area contributed by atoms with Gasteiger partial charge in [0, 0.05) is 22.8 Å². The lowest BCUT2D eigenvalue weighted by Gasteiger charge is -2.06. The number of rotatable bonds is 6. The molecule has 0 N–H and O–H groups in total. The van der Waals surface area contributed by atoms with Crippen LogP contribution in [0.4, 0.5) is 5.69 Å². The zero-order valence-corrected chi connectivity index (χ0v) is 16.0. The minimum atomic E-state index is -0.508. The molecule has 29 heavy (non-hydrogen) atoms. The quantitative estimate of drug-likeness (QED) is 0.316. The molecule has 0 aliphatic carbocycles. The van der Waals surface area contributed by atoms with Crippen LogP contribution >= 0.6 is 23.2 Å². The van der Waals surface area contributed by atoms with Gasteiger partial charge in [0.05, 0.1) is 9.95 Å². The first-order chi connectivity index (χ1) is 14.0. The summed E-state index contributed by atoms with van der Waals surface area (Å²) in [4.78, 5) is 14.8. The molecule has 4 rings (SSSR count). The van der Waals surface area contributed by atoms with Crippen LogP contribution in [-0.2, 0) is 6.73 Å². The number of para-hydroxylation sites is 2. The van der Waals surface area contributed by atoms with Crippen molar-refractivity contribution >= 4 is 28.9 Å². The minimum absolute atomic E-state index is 0.0329. The van der Waals surface area contributed by atoms with Crippen LogP contribution in [0.1, 0.15) is 0 Å². The third-order valence-corrected chi connectivity index (χ3v) is 4.42. The van der Waals surface area contributed by atoms with Gasteiger partial charge < -0.3 is 9.26 Å². The van der Waals surface area contributed by atoms with E-state index in [0.717, 1.165) is 0 Å². The zero-order chi connectivity index (χ0) is 20.4. The molecule has 0 spiro atoms. The van der Waals surface area contributed by atoms with Crippen molar-refractivity contribution in [3.05, 3.63) is 74.9 Å². The maximum Gasteiger partial charge on any atom is 0.311 e. The lowest BCUT2D eigenvalue weighted by atomic mass is 10.2. The van der Waals surface area contributed by atoms with Gasteiger partial charge in [-0.3, -0.25) is 10.1 Å². The summed E-state index contributed by atoms with van der Waals surface area (Å²) in [5, 5.41) is 20.1. The van der Waals surface area contributed by atoms with Crippen LogP contribution in [0.5, 0.6) is 5.75 Å². The van der Waals surface area contributed by atoms with Gasteiger partial charge in [0.1, 0.15) is 0 Å². The van der Waals surface area contributed by atoms with Gasteiger partial charge in [-0.1, -0.05) is 40.5 Å². The molecular weight excluding hydrogens is 421 g/mol. The summed E-state index contributed by atoms with van der Waals surface area (Å²) >= 11 is 12.1. The Morgan fingerprint density at radius 1 is 1.17 bits per heavy atom. The topological polar surface area (TPSA) is 109 Å². The molecule has 2 aromatic carbocycles. The summed E-state index contributed by atoms with van der Waals surface area (Å²) in [5.41, 5.74) is 0.867. The first kappa shape index (κ1) is 18.9. The molecule has 0 fully saturated rings. The van der Waals surface area contributed by atoms with Crippen molar-refractivity contribution in [1.82, 2.24) is 19.9 Å². The maximum atomic E-state index is 11.0. The molecule has 0 unspecified atom stereocenters. The fraction of sp³-hybridized carbons (Fsp3) is 0.0556. The van der Waals surface area contributed by atoms with E-state index in [0.29, 0.717) is 27.1 Å². The van der Waals surface area contributed by atoms with Crippen molar-refractivity contribution < 1.29 is 14.2 Å². The number of aromatic nitrogens is 4. The standard InChI is InChI=1S/C18H11Cl2N5O4/c19-11-5-6-12(13(20)9-11)17-21-18(29-23-17)14-7-8-24(22-14)10-28-16-4-2-1-3-15(16)25(26)27/h1-9H,10H2. The fourth-order valence-corrected chi connectivity index (χ4v) is 3.01. The number of nitro groups is 1. The van der Waals surface area contributed by atoms with Crippen molar-refractivity contribution in [2.45, 2.75) is 6.73 Å². The molecular formula is C18H11Cl2N5O4. The van der Waals surface area contributed by atoms with Crippen LogP contribution in [0.2, 0.25) is 10.0 Å². The Bertz CT molecular complexity index is 1190. The molecule has 0 atom stereocenters. The van der Waals surface area contributed by atoms with E-state index >= 15 is 0 Å². The second-order valence-electron chi connectivity index (χ2n) is 5.79. The summed E-state index contributed by atoms with van der Waals surface area (Å²) in [6.07, 6.45) is 1.63. The number of nitrogens with zero attached hydrogens (tertiary/aromatic N) is 5. The maximum absolute atomic E-state index is 11.0.